The van der Waals surface area contributed by atoms with Gasteiger partial charge >= 0.3 is 0 Å². The van der Waals surface area contributed by atoms with Crippen LogP contribution < -0.4 is 5.32 Å². The molecule has 0 bridgehead atoms. The highest BCUT2D eigenvalue weighted by molar-refractivity contribution is 5.31. The third-order valence-electron chi connectivity index (χ3n) is 2.90. The molecule has 0 spiro atoms. The van der Waals surface area contributed by atoms with Crippen LogP contribution in [0.15, 0.2) is 24.5 Å². The van der Waals surface area contributed by atoms with Crippen LogP contribution in [-0.4, -0.2) is 21.3 Å². The Morgan fingerprint density at radius 3 is 2.39 bits per heavy atom. The summed E-state index contributed by atoms with van der Waals surface area (Å²) in [7, 11) is 1.94. The molecule has 0 fully saturated rings. The molecule has 0 aliphatic heterocycles. The van der Waals surface area contributed by atoms with Crippen molar-refractivity contribution in [2.24, 2.45) is 7.05 Å². The molecule has 0 saturated heterocycles. The predicted octanol–water partition coefficient (Wildman–Crippen LogP) is 2.13. The second-order valence-electron chi connectivity index (χ2n) is 4.62. The fourth-order valence-electron chi connectivity index (χ4n) is 2.25. The quantitative estimate of drug-likeness (QED) is 0.896. The Balaban J connectivity index is 2.40. The Morgan fingerprint density at radius 1 is 1.22 bits per heavy atom. The number of hydrogen-bond donors (Lipinski definition) is 1. The van der Waals surface area contributed by atoms with Gasteiger partial charge in [-0.2, -0.15) is 5.10 Å². The molecule has 0 aromatic carbocycles. The van der Waals surface area contributed by atoms with Gasteiger partial charge in [-0.3, -0.25) is 9.67 Å². The van der Waals surface area contributed by atoms with Crippen LogP contribution >= 0.6 is 0 Å². The Kier molecular flexibility index (Phi) is 3.77. The van der Waals surface area contributed by atoms with Crippen molar-refractivity contribution < 1.29 is 0 Å². The lowest BCUT2D eigenvalue weighted by atomic mass is 10.0. The van der Waals surface area contributed by atoms with E-state index in [2.05, 4.69) is 40.7 Å². The summed E-state index contributed by atoms with van der Waals surface area (Å²) in [5, 5.41) is 7.75. The van der Waals surface area contributed by atoms with Crippen molar-refractivity contribution in [3.8, 4) is 0 Å². The number of nitrogens with zero attached hydrogens (tertiary/aromatic N) is 3. The predicted molar refractivity (Wildman–Crippen MR) is 72.4 cm³/mol. The zero-order valence-corrected chi connectivity index (χ0v) is 11.4. The number of rotatable bonds is 4. The van der Waals surface area contributed by atoms with Gasteiger partial charge in [0.2, 0.25) is 0 Å². The van der Waals surface area contributed by atoms with E-state index < -0.39 is 0 Å². The smallest absolute Gasteiger partial charge is 0.0609 e. The van der Waals surface area contributed by atoms with Gasteiger partial charge in [0.25, 0.3) is 0 Å². The average Bonchev–Trinajstić information content (AvgIpc) is 2.71. The molecule has 2 rings (SSSR count). The van der Waals surface area contributed by atoms with E-state index >= 15 is 0 Å². The monoisotopic (exact) mass is 244 g/mol. The summed E-state index contributed by atoms with van der Waals surface area (Å²) in [6, 6.07) is 4.45. The Morgan fingerprint density at radius 2 is 1.89 bits per heavy atom. The summed E-state index contributed by atoms with van der Waals surface area (Å²) in [6.07, 6.45) is 3.97. The summed E-state index contributed by atoms with van der Waals surface area (Å²) in [5.41, 5.74) is 4.53. The average molecular weight is 244 g/mol. The zero-order chi connectivity index (χ0) is 13.1. The van der Waals surface area contributed by atoms with Gasteiger partial charge in [0.05, 0.1) is 12.2 Å². The largest absolute Gasteiger partial charge is 0.306 e. The molecule has 0 saturated carbocycles. The third-order valence-corrected chi connectivity index (χ3v) is 2.90. The van der Waals surface area contributed by atoms with E-state index in [0.717, 1.165) is 17.9 Å². The molecule has 4 nitrogen and oxygen atoms in total. The minimum absolute atomic E-state index is 0.184. The van der Waals surface area contributed by atoms with Gasteiger partial charge in [-0.1, -0.05) is 6.92 Å². The van der Waals surface area contributed by atoms with E-state index in [9.17, 15) is 0 Å². The molecule has 4 heteroatoms. The van der Waals surface area contributed by atoms with Crippen molar-refractivity contribution in [2.75, 3.05) is 6.54 Å². The van der Waals surface area contributed by atoms with Gasteiger partial charge in [-0.05, 0) is 38.1 Å². The first-order chi connectivity index (χ1) is 8.60. The van der Waals surface area contributed by atoms with E-state index in [-0.39, 0.29) is 6.04 Å². The van der Waals surface area contributed by atoms with Crippen molar-refractivity contribution in [3.05, 3.63) is 47.0 Å². The molecule has 2 heterocycles. The van der Waals surface area contributed by atoms with Crippen molar-refractivity contribution in [3.63, 3.8) is 0 Å². The van der Waals surface area contributed by atoms with Crippen LogP contribution in [0.3, 0.4) is 0 Å². The number of pyridine rings is 1. The Labute approximate surface area is 108 Å². The summed E-state index contributed by atoms with van der Waals surface area (Å²) >= 11 is 0. The third kappa shape index (κ3) is 2.76. The van der Waals surface area contributed by atoms with Gasteiger partial charge in [-0.15, -0.1) is 0 Å². The molecule has 0 aliphatic rings. The highest BCUT2D eigenvalue weighted by Gasteiger charge is 2.15. The van der Waals surface area contributed by atoms with Crippen molar-refractivity contribution in [1.82, 2.24) is 20.1 Å². The van der Waals surface area contributed by atoms with Crippen molar-refractivity contribution in [2.45, 2.75) is 26.8 Å². The number of nitrogens with one attached hydrogen (secondary N) is 1. The molecule has 96 valence electrons. The maximum atomic E-state index is 4.43. The number of hydrogen-bond acceptors (Lipinski definition) is 3. The minimum atomic E-state index is 0.184. The normalized spacial score (nSPS) is 12.7. The molecule has 2 aromatic heterocycles. The topological polar surface area (TPSA) is 42.7 Å². The highest BCUT2D eigenvalue weighted by Crippen LogP contribution is 2.22. The fraction of sp³-hybridized carbons (Fsp3) is 0.429. The summed E-state index contributed by atoms with van der Waals surface area (Å²) in [6.45, 7) is 7.09. The highest BCUT2D eigenvalue weighted by atomic mass is 15.2. The van der Waals surface area contributed by atoms with Crippen molar-refractivity contribution in [1.29, 1.82) is 0 Å². The second-order valence-corrected chi connectivity index (χ2v) is 4.62. The van der Waals surface area contributed by atoms with Crippen molar-refractivity contribution >= 4 is 0 Å². The number of aryl methyl sites for hydroxylation is 3. The summed E-state index contributed by atoms with van der Waals surface area (Å²) in [5.74, 6) is 0. The Hall–Kier alpha value is -1.68. The molecule has 18 heavy (non-hydrogen) atoms. The maximum absolute atomic E-state index is 4.43. The summed E-state index contributed by atoms with van der Waals surface area (Å²) in [4.78, 5) is 4.43. The molecule has 2 aromatic rings. The van der Waals surface area contributed by atoms with E-state index in [1.54, 1.807) is 0 Å². The summed E-state index contributed by atoms with van der Waals surface area (Å²) < 4.78 is 1.83. The van der Waals surface area contributed by atoms with Crippen LogP contribution in [0.5, 0.6) is 0 Å². The molecule has 1 N–H and O–H groups in total. The van der Waals surface area contributed by atoms with Crippen LogP contribution in [-0.2, 0) is 7.05 Å². The van der Waals surface area contributed by atoms with Crippen LogP contribution in [0, 0.1) is 13.8 Å². The molecule has 1 atom stereocenters. The van der Waals surface area contributed by atoms with Gasteiger partial charge in [-0.25, -0.2) is 0 Å². The fourth-order valence-corrected chi connectivity index (χ4v) is 2.25. The van der Waals surface area contributed by atoms with E-state index in [1.165, 1.54) is 11.1 Å². The molecule has 1 unspecified atom stereocenters. The lowest BCUT2D eigenvalue weighted by molar-refractivity contribution is 0.627. The SMILES string of the molecule is CCNC(c1cc(C)nc(C)c1)c1cnn(C)c1. The zero-order valence-electron chi connectivity index (χ0n) is 11.4. The first kappa shape index (κ1) is 12.8. The maximum Gasteiger partial charge on any atom is 0.0609 e. The second kappa shape index (κ2) is 5.31. The molecule has 0 amide bonds. The first-order valence-corrected chi connectivity index (χ1v) is 6.27. The molecular formula is C14H20N4. The minimum Gasteiger partial charge on any atom is -0.306 e. The van der Waals surface area contributed by atoms with Crippen LogP contribution in [0.4, 0.5) is 0 Å². The van der Waals surface area contributed by atoms with E-state index in [0.29, 0.717) is 0 Å². The van der Waals surface area contributed by atoms with Gasteiger partial charge in [0, 0.05) is 30.2 Å². The molecule has 0 radical (unpaired) electrons. The molecule has 0 aliphatic carbocycles. The standard InChI is InChI=1S/C14H20N4/c1-5-15-14(13-8-16-18(4)9-13)12-6-10(2)17-11(3)7-12/h6-9,14-15H,5H2,1-4H3. The lowest BCUT2D eigenvalue weighted by Gasteiger charge is -2.17. The van der Waals surface area contributed by atoms with E-state index in [4.69, 9.17) is 0 Å². The number of aromatic nitrogens is 3. The van der Waals surface area contributed by atoms with Crippen LogP contribution in [0.1, 0.15) is 35.5 Å². The van der Waals surface area contributed by atoms with Crippen LogP contribution in [0.2, 0.25) is 0 Å². The van der Waals surface area contributed by atoms with Gasteiger partial charge in [0.1, 0.15) is 0 Å². The van der Waals surface area contributed by atoms with Gasteiger partial charge in [0.15, 0.2) is 0 Å². The van der Waals surface area contributed by atoms with Gasteiger partial charge < -0.3 is 5.32 Å². The Bertz CT molecular complexity index is 510. The van der Waals surface area contributed by atoms with E-state index in [1.807, 2.05) is 31.8 Å². The molecular weight excluding hydrogens is 224 g/mol. The van der Waals surface area contributed by atoms with Crippen LogP contribution in [0.25, 0.3) is 0 Å². The lowest BCUT2D eigenvalue weighted by Crippen LogP contribution is -2.22. The first-order valence-electron chi connectivity index (χ1n) is 6.27.